The van der Waals surface area contributed by atoms with Crippen molar-refractivity contribution in [3.05, 3.63) is 82.5 Å². The molecule has 0 spiro atoms. The number of hydrogen-bond donors (Lipinski definition) is 1. The van der Waals surface area contributed by atoms with Gasteiger partial charge in [-0.15, -0.1) is 0 Å². The van der Waals surface area contributed by atoms with E-state index in [1.54, 1.807) is 12.3 Å². The third-order valence-electron chi connectivity index (χ3n) is 6.90. The fourth-order valence-electron chi connectivity index (χ4n) is 5.20. The number of anilines is 2. The van der Waals surface area contributed by atoms with Crippen LogP contribution in [0.1, 0.15) is 17.9 Å². The predicted octanol–water partition coefficient (Wildman–Crippen LogP) is 6.55. The Morgan fingerprint density at radius 1 is 0.973 bits per heavy atom. The lowest BCUT2D eigenvalue weighted by Crippen LogP contribution is -2.37. The zero-order valence-corrected chi connectivity index (χ0v) is 21.6. The van der Waals surface area contributed by atoms with Crippen LogP contribution in [0.15, 0.2) is 66.9 Å². The number of morpholine rings is 1. The number of carbonyl (C=O) groups is 1. The van der Waals surface area contributed by atoms with Gasteiger partial charge in [-0.1, -0.05) is 59.6 Å². The van der Waals surface area contributed by atoms with Crippen molar-refractivity contribution in [1.29, 1.82) is 0 Å². The van der Waals surface area contributed by atoms with Gasteiger partial charge in [0.25, 0.3) is 0 Å². The number of aromatic nitrogens is 1. The molecule has 1 N–H and O–H groups in total. The van der Waals surface area contributed by atoms with Gasteiger partial charge in [0, 0.05) is 39.6 Å². The van der Waals surface area contributed by atoms with Gasteiger partial charge in [-0.25, -0.2) is 0 Å². The van der Waals surface area contributed by atoms with E-state index in [1.165, 1.54) is 0 Å². The summed E-state index contributed by atoms with van der Waals surface area (Å²) >= 11 is 12.6. The second kappa shape index (κ2) is 10.2. The molecule has 188 valence electrons. The first-order valence-electron chi connectivity index (χ1n) is 12.3. The molecule has 6 nitrogen and oxygen atoms in total. The molecule has 4 aromatic rings. The predicted molar refractivity (Wildman–Crippen MR) is 148 cm³/mol. The molecule has 1 amide bonds. The van der Waals surface area contributed by atoms with Gasteiger partial charge in [0.2, 0.25) is 5.91 Å². The first-order valence-corrected chi connectivity index (χ1v) is 13.1. The average Bonchev–Trinajstić information content (AvgIpc) is 2.92. The summed E-state index contributed by atoms with van der Waals surface area (Å²) in [6, 6.07) is 19.3. The number of hydrogen-bond acceptors (Lipinski definition) is 5. The van der Waals surface area contributed by atoms with Crippen molar-refractivity contribution >= 4 is 51.4 Å². The number of para-hydroxylation sites is 2. The molecule has 0 saturated carbocycles. The Morgan fingerprint density at radius 3 is 2.57 bits per heavy atom. The van der Waals surface area contributed by atoms with Crippen LogP contribution in [-0.4, -0.2) is 43.8 Å². The van der Waals surface area contributed by atoms with E-state index in [1.807, 2.05) is 54.6 Å². The van der Waals surface area contributed by atoms with E-state index in [9.17, 15) is 4.79 Å². The molecule has 8 heteroatoms. The molecule has 1 fully saturated rings. The molecule has 6 rings (SSSR count). The van der Waals surface area contributed by atoms with Crippen molar-refractivity contribution in [1.82, 2.24) is 4.98 Å². The first kappa shape index (κ1) is 24.0. The normalized spacial score (nSPS) is 17.2. The van der Waals surface area contributed by atoms with E-state index in [0.29, 0.717) is 42.0 Å². The van der Waals surface area contributed by atoms with Crippen molar-refractivity contribution in [3.63, 3.8) is 0 Å². The maximum absolute atomic E-state index is 13.6. The minimum absolute atomic E-state index is 0.0656. The zero-order valence-electron chi connectivity index (χ0n) is 20.0. The molecule has 2 aliphatic rings. The molecule has 1 unspecified atom stereocenters. The van der Waals surface area contributed by atoms with Gasteiger partial charge >= 0.3 is 0 Å². The largest absolute Gasteiger partial charge is 0.493 e. The average molecular weight is 534 g/mol. The first-order chi connectivity index (χ1) is 18.1. The third kappa shape index (κ3) is 4.73. The van der Waals surface area contributed by atoms with E-state index in [4.69, 9.17) is 37.7 Å². The van der Waals surface area contributed by atoms with Crippen LogP contribution in [-0.2, 0) is 9.53 Å². The van der Waals surface area contributed by atoms with Crippen LogP contribution in [0.25, 0.3) is 22.0 Å². The van der Waals surface area contributed by atoms with Crippen LogP contribution in [0.2, 0.25) is 10.0 Å². The Hall–Kier alpha value is -3.32. The maximum Gasteiger partial charge on any atom is 0.232 e. The zero-order chi connectivity index (χ0) is 25.4. The van der Waals surface area contributed by atoms with Crippen LogP contribution in [0.3, 0.4) is 0 Å². The number of amides is 1. The van der Waals surface area contributed by atoms with Crippen LogP contribution in [0, 0.1) is 0 Å². The molecule has 1 saturated heterocycles. The molecular weight excluding hydrogens is 509 g/mol. The lowest BCUT2D eigenvalue weighted by Gasteiger charge is -2.32. The topological polar surface area (TPSA) is 63.7 Å². The van der Waals surface area contributed by atoms with Crippen LogP contribution in [0.4, 0.5) is 11.4 Å². The summed E-state index contributed by atoms with van der Waals surface area (Å²) in [4.78, 5) is 20.7. The Morgan fingerprint density at radius 2 is 1.76 bits per heavy atom. The Labute approximate surface area is 225 Å². The fourth-order valence-corrected chi connectivity index (χ4v) is 5.73. The van der Waals surface area contributed by atoms with E-state index in [0.717, 1.165) is 52.1 Å². The molecule has 2 aliphatic heterocycles. The van der Waals surface area contributed by atoms with Crippen LogP contribution in [0.5, 0.6) is 5.75 Å². The van der Waals surface area contributed by atoms with Gasteiger partial charge in [0.1, 0.15) is 5.75 Å². The smallest absolute Gasteiger partial charge is 0.232 e. The quantitative estimate of drug-likeness (QED) is 0.322. The number of nitrogens with one attached hydrogen (secondary N) is 1. The molecule has 0 radical (unpaired) electrons. The van der Waals surface area contributed by atoms with Crippen molar-refractivity contribution < 1.29 is 14.3 Å². The summed E-state index contributed by atoms with van der Waals surface area (Å²) in [5.41, 5.74) is 5.16. The number of fused-ring (bicyclic) bond motifs is 2. The molecule has 3 aromatic carbocycles. The Kier molecular flexibility index (Phi) is 6.63. The highest BCUT2D eigenvalue weighted by Crippen LogP contribution is 2.40. The summed E-state index contributed by atoms with van der Waals surface area (Å²) in [5, 5.41) is 5.28. The Bertz CT molecular complexity index is 1470. The van der Waals surface area contributed by atoms with Crippen LogP contribution >= 0.6 is 23.2 Å². The van der Waals surface area contributed by atoms with E-state index in [-0.39, 0.29) is 11.8 Å². The Balaban J connectivity index is 1.44. The lowest BCUT2D eigenvalue weighted by atomic mass is 9.92. The highest BCUT2D eigenvalue weighted by atomic mass is 35.5. The summed E-state index contributed by atoms with van der Waals surface area (Å²) in [6.45, 7) is 3.18. The number of benzene rings is 3. The highest BCUT2D eigenvalue weighted by Gasteiger charge is 2.29. The summed E-state index contributed by atoms with van der Waals surface area (Å²) in [7, 11) is 0. The monoisotopic (exact) mass is 533 g/mol. The minimum atomic E-state index is -0.293. The number of ether oxygens (including phenoxy) is 2. The third-order valence-corrected chi connectivity index (χ3v) is 7.34. The highest BCUT2D eigenvalue weighted by molar-refractivity contribution is 6.35. The van der Waals surface area contributed by atoms with Gasteiger partial charge in [-0.2, -0.15) is 0 Å². The van der Waals surface area contributed by atoms with Crippen molar-refractivity contribution in [3.8, 4) is 16.9 Å². The second-order valence-corrected chi connectivity index (χ2v) is 10.1. The molecule has 37 heavy (non-hydrogen) atoms. The molecule has 1 atom stereocenters. The molecular formula is C29H25Cl2N3O3. The maximum atomic E-state index is 13.6. The molecule has 0 aliphatic carbocycles. The molecule has 0 bridgehead atoms. The number of pyridine rings is 1. The lowest BCUT2D eigenvalue weighted by molar-refractivity contribution is -0.118. The number of halogens is 2. The van der Waals surface area contributed by atoms with Crippen LogP contribution < -0.4 is 15.0 Å². The summed E-state index contributed by atoms with van der Waals surface area (Å²) < 4.78 is 11.4. The molecule has 3 heterocycles. The summed E-state index contributed by atoms with van der Waals surface area (Å²) in [6.07, 6.45) is 2.38. The van der Waals surface area contributed by atoms with Crippen molar-refractivity contribution in [2.45, 2.75) is 12.3 Å². The van der Waals surface area contributed by atoms with Gasteiger partial charge in [0.15, 0.2) is 0 Å². The molecule has 1 aromatic heterocycles. The van der Waals surface area contributed by atoms with Gasteiger partial charge in [-0.05, 0) is 36.2 Å². The summed E-state index contributed by atoms with van der Waals surface area (Å²) in [5.74, 6) is 0.408. The van der Waals surface area contributed by atoms with E-state index in [2.05, 4.69) is 10.2 Å². The van der Waals surface area contributed by atoms with E-state index >= 15 is 0 Å². The fraction of sp³-hybridized carbons (Fsp3) is 0.241. The van der Waals surface area contributed by atoms with E-state index < -0.39 is 0 Å². The van der Waals surface area contributed by atoms with Gasteiger partial charge < -0.3 is 19.7 Å². The standard InChI is InChI=1S/C29H25Cl2N3O3/c30-19-14-18(15-20(31)16-19)21-5-3-6-24-27(21)32-17-25(28(24)34-9-12-36-13-10-34)33-29(35)23-8-11-37-26-7-2-1-4-22(23)26/h1-7,14-17,23H,8-13H2,(H,33,35). The SMILES string of the molecule is O=C(Nc1cnc2c(-c3cc(Cl)cc(Cl)c3)cccc2c1N1CCOCC1)C1CCOc2ccccc21. The van der Waals surface area contributed by atoms with Gasteiger partial charge in [0.05, 0.1) is 48.8 Å². The number of carbonyl (C=O) groups excluding carboxylic acids is 1. The van der Waals surface area contributed by atoms with Crippen molar-refractivity contribution in [2.75, 3.05) is 43.1 Å². The number of rotatable bonds is 4. The second-order valence-electron chi connectivity index (χ2n) is 9.20. The van der Waals surface area contributed by atoms with Crippen molar-refractivity contribution in [2.24, 2.45) is 0 Å². The van der Waals surface area contributed by atoms with Gasteiger partial charge in [-0.3, -0.25) is 9.78 Å². The number of nitrogens with zero attached hydrogens (tertiary/aromatic N) is 2. The minimum Gasteiger partial charge on any atom is -0.493 e.